The molecule has 0 unspecified atom stereocenters. The summed E-state index contributed by atoms with van der Waals surface area (Å²) in [4.78, 5) is 33.5. The van der Waals surface area contributed by atoms with Gasteiger partial charge in [0.05, 0.1) is 18.9 Å². The molecule has 1 saturated heterocycles. The Morgan fingerprint density at radius 3 is 2.61 bits per heavy atom. The summed E-state index contributed by atoms with van der Waals surface area (Å²) in [5.74, 6) is -1.59. The fourth-order valence-corrected chi connectivity index (χ4v) is 4.57. The van der Waals surface area contributed by atoms with Gasteiger partial charge < -0.3 is 30.3 Å². The molecule has 3 N–H and O–H groups in total. The molecule has 2 aromatic heterocycles. The molecule has 0 atom stereocenters. The number of carbonyl (C=O) groups is 1. The number of rotatable bonds is 7. The maximum absolute atomic E-state index is 13.0. The average molecular weight is 505 g/mol. The van der Waals surface area contributed by atoms with Crippen molar-refractivity contribution in [3.8, 4) is 17.1 Å². The lowest BCUT2D eigenvalue weighted by Gasteiger charge is -2.41. The number of amides is 2. The minimum Gasteiger partial charge on any atom is -0.474 e. The van der Waals surface area contributed by atoms with Gasteiger partial charge in [0, 0.05) is 82.4 Å². The van der Waals surface area contributed by atoms with E-state index < -0.39 is 5.92 Å². The van der Waals surface area contributed by atoms with E-state index in [1.165, 1.54) is 0 Å². The number of nitrogens with one attached hydrogen (secondary N) is 1. The van der Waals surface area contributed by atoms with Gasteiger partial charge in [-0.15, -0.1) is 0 Å². The fraction of sp³-hybridized carbons (Fsp3) is 0.609. The van der Waals surface area contributed by atoms with Crippen LogP contribution in [0, 0.1) is 5.92 Å². The molecule has 36 heavy (non-hydrogen) atoms. The van der Waals surface area contributed by atoms with E-state index in [9.17, 15) is 13.6 Å². The van der Waals surface area contributed by atoms with Crippen molar-refractivity contribution in [1.82, 2.24) is 30.2 Å². The van der Waals surface area contributed by atoms with Crippen molar-refractivity contribution in [2.75, 3.05) is 50.5 Å². The Labute approximate surface area is 207 Å². The summed E-state index contributed by atoms with van der Waals surface area (Å²) < 4.78 is 37.6. The Balaban J connectivity index is 1.19. The predicted octanol–water partition coefficient (Wildman–Crippen LogP) is 1.95. The molecule has 0 spiro atoms. The third-order valence-electron chi connectivity index (χ3n) is 6.89. The number of hydrogen-bond donors (Lipinski definition) is 2. The molecule has 2 aliphatic carbocycles. The number of carbonyl (C=O) groups excluding carboxylic acids is 1. The van der Waals surface area contributed by atoms with Gasteiger partial charge in [-0.05, 0) is 5.92 Å². The van der Waals surface area contributed by atoms with E-state index >= 15 is 0 Å². The summed E-state index contributed by atoms with van der Waals surface area (Å²) in [5, 5.41) is 2.76. The van der Waals surface area contributed by atoms with Crippen LogP contribution in [0.3, 0.4) is 0 Å². The largest absolute Gasteiger partial charge is 0.474 e. The minimum atomic E-state index is -2.58. The first kappa shape index (κ1) is 24.3. The fourth-order valence-electron chi connectivity index (χ4n) is 4.57. The number of ether oxygens (including phenoxy) is 2. The highest BCUT2D eigenvalue weighted by atomic mass is 19.3. The molecule has 11 nitrogen and oxygen atoms in total. The van der Waals surface area contributed by atoms with Crippen molar-refractivity contribution in [3.63, 3.8) is 0 Å². The van der Waals surface area contributed by atoms with Crippen LogP contribution in [0.4, 0.5) is 25.5 Å². The van der Waals surface area contributed by atoms with Crippen LogP contribution in [0.15, 0.2) is 18.5 Å². The zero-order valence-electron chi connectivity index (χ0n) is 20.1. The molecule has 2 amide bonds. The Hall–Kier alpha value is -3.35. The first-order valence-corrected chi connectivity index (χ1v) is 12.1. The maximum atomic E-state index is 13.0. The molecule has 0 radical (unpaired) electrons. The maximum Gasteiger partial charge on any atom is 0.317 e. The summed E-state index contributed by atoms with van der Waals surface area (Å²) >= 11 is 0. The lowest BCUT2D eigenvalue weighted by atomic mass is 9.81. The molecule has 3 heterocycles. The second-order valence-electron chi connectivity index (χ2n) is 9.61. The molecule has 2 aromatic rings. The van der Waals surface area contributed by atoms with Crippen molar-refractivity contribution < 1.29 is 23.0 Å². The molecule has 2 saturated carbocycles. The van der Waals surface area contributed by atoms with Gasteiger partial charge in [0.1, 0.15) is 6.10 Å². The third kappa shape index (κ3) is 5.55. The first-order valence-electron chi connectivity index (χ1n) is 12.1. The summed E-state index contributed by atoms with van der Waals surface area (Å²) in [6, 6.07) is 1.50. The summed E-state index contributed by atoms with van der Waals surface area (Å²) in [6.45, 7) is 2.80. The average Bonchev–Trinajstić information content (AvgIpc) is 2.83. The van der Waals surface area contributed by atoms with Crippen LogP contribution in [-0.2, 0) is 4.74 Å². The minimum absolute atomic E-state index is 0.00310. The van der Waals surface area contributed by atoms with E-state index in [1.807, 2.05) is 4.90 Å². The number of nitrogens with zero attached hydrogens (tertiary/aromatic N) is 6. The molecule has 13 heteroatoms. The quantitative estimate of drug-likeness (QED) is 0.581. The van der Waals surface area contributed by atoms with Crippen molar-refractivity contribution in [2.45, 2.75) is 43.8 Å². The number of alkyl halides is 2. The number of urea groups is 1. The summed E-state index contributed by atoms with van der Waals surface area (Å²) in [5.41, 5.74) is 6.94. The van der Waals surface area contributed by atoms with E-state index in [2.05, 4.69) is 25.3 Å². The molecule has 3 aliphatic rings. The number of nitrogens with two attached hydrogens (primary N) is 1. The van der Waals surface area contributed by atoms with Crippen LogP contribution in [0.25, 0.3) is 11.3 Å². The molecule has 194 valence electrons. The third-order valence-corrected chi connectivity index (χ3v) is 6.89. The molecule has 0 aromatic carbocycles. The lowest BCUT2D eigenvalue weighted by Crippen LogP contribution is -2.54. The lowest BCUT2D eigenvalue weighted by molar-refractivity contribution is -0.108. The predicted molar refractivity (Wildman–Crippen MR) is 127 cm³/mol. The van der Waals surface area contributed by atoms with Gasteiger partial charge >= 0.3 is 6.03 Å². The van der Waals surface area contributed by atoms with Crippen LogP contribution in [0.1, 0.15) is 25.7 Å². The monoisotopic (exact) mass is 504 g/mol. The Morgan fingerprint density at radius 2 is 1.94 bits per heavy atom. The van der Waals surface area contributed by atoms with E-state index in [0.29, 0.717) is 62.2 Å². The normalized spacial score (nSPS) is 23.4. The number of nitrogen functional groups attached to an aromatic ring is 1. The SMILES string of the molecule is CN(C(=O)NCC1CC(F)(F)C1)C1CC(Oc2cc(-c3cnc(N)nc3)nc(N3CCOCC3)n2)C1. The van der Waals surface area contributed by atoms with E-state index in [-0.39, 0.29) is 49.4 Å². The zero-order chi connectivity index (χ0) is 25.3. The van der Waals surface area contributed by atoms with Crippen molar-refractivity contribution in [2.24, 2.45) is 5.92 Å². The van der Waals surface area contributed by atoms with Crippen molar-refractivity contribution in [1.29, 1.82) is 0 Å². The Kier molecular flexibility index (Phi) is 6.73. The van der Waals surface area contributed by atoms with Gasteiger partial charge in [-0.1, -0.05) is 0 Å². The molecular formula is C23H30F2N8O3. The summed E-state index contributed by atoms with van der Waals surface area (Å²) in [7, 11) is 1.71. The van der Waals surface area contributed by atoms with Gasteiger partial charge in [-0.2, -0.15) is 4.98 Å². The highest BCUT2D eigenvalue weighted by Crippen LogP contribution is 2.42. The van der Waals surface area contributed by atoms with Gasteiger partial charge in [0.15, 0.2) is 0 Å². The van der Waals surface area contributed by atoms with Crippen LogP contribution < -0.4 is 20.7 Å². The summed E-state index contributed by atoms with van der Waals surface area (Å²) in [6.07, 6.45) is 4.06. The van der Waals surface area contributed by atoms with Gasteiger partial charge in [0.25, 0.3) is 0 Å². The van der Waals surface area contributed by atoms with E-state index in [1.54, 1.807) is 30.4 Å². The van der Waals surface area contributed by atoms with Gasteiger partial charge in [-0.25, -0.2) is 28.5 Å². The van der Waals surface area contributed by atoms with Gasteiger partial charge in [-0.3, -0.25) is 0 Å². The highest BCUT2D eigenvalue weighted by molar-refractivity contribution is 5.74. The molecular weight excluding hydrogens is 474 g/mol. The molecule has 3 fully saturated rings. The number of anilines is 2. The highest BCUT2D eigenvalue weighted by Gasteiger charge is 2.45. The Morgan fingerprint density at radius 1 is 1.25 bits per heavy atom. The van der Waals surface area contributed by atoms with E-state index in [0.717, 1.165) is 0 Å². The first-order chi connectivity index (χ1) is 17.3. The molecule has 5 rings (SSSR count). The van der Waals surface area contributed by atoms with E-state index in [4.69, 9.17) is 15.2 Å². The number of halogens is 2. The Bertz CT molecular complexity index is 1070. The van der Waals surface area contributed by atoms with Crippen LogP contribution in [0.2, 0.25) is 0 Å². The second-order valence-corrected chi connectivity index (χ2v) is 9.61. The zero-order valence-corrected chi connectivity index (χ0v) is 20.1. The van der Waals surface area contributed by atoms with Crippen LogP contribution in [0.5, 0.6) is 5.88 Å². The van der Waals surface area contributed by atoms with Crippen molar-refractivity contribution in [3.05, 3.63) is 18.5 Å². The number of aromatic nitrogens is 4. The van der Waals surface area contributed by atoms with Crippen LogP contribution in [-0.4, -0.2) is 88.8 Å². The second kappa shape index (κ2) is 9.96. The number of morpholine rings is 1. The molecule has 1 aliphatic heterocycles. The van der Waals surface area contributed by atoms with Crippen molar-refractivity contribution >= 4 is 17.9 Å². The number of hydrogen-bond acceptors (Lipinski definition) is 9. The topological polar surface area (TPSA) is 132 Å². The van der Waals surface area contributed by atoms with Crippen LogP contribution >= 0.6 is 0 Å². The smallest absolute Gasteiger partial charge is 0.317 e. The standard InChI is InChI=1S/C23H30F2N8O3/c1-32(22(34)29-11-14-9-23(24,25)10-14)16-6-17(7-16)36-19-8-18(15-12-27-20(26)28-13-15)30-21(31-19)33-2-4-35-5-3-33/h8,12-14,16-17H,2-7,9-11H2,1H3,(H,29,34)(H2,26,27,28). The van der Waals surface area contributed by atoms with Gasteiger partial charge in [0.2, 0.25) is 23.7 Å². The molecule has 0 bridgehead atoms.